The van der Waals surface area contributed by atoms with E-state index in [1.807, 2.05) is 10.6 Å². The summed E-state index contributed by atoms with van der Waals surface area (Å²) in [5.41, 5.74) is 1.09. The van der Waals surface area contributed by atoms with Crippen molar-refractivity contribution in [1.29, 1.82) is 0 Å². The van der Waals surface area contributed by atoms with Crippen molar-refractivity contribution in [2.24, 2.45) is 0 Å². The average Bonchev–Trinajstić information content (AvgIpc) is 2.51. The first-order valence-corrected chi connectivity index (χ1v) is 5.44. The van der Waals surface area contributed by atoms with Crippen molar-refractivity contribution in [3.63, 3.8) is 0 Å². The third-order valence-corrected chi connectivity index (χ3v) is 2.87. The van der Waals surface area contributed by atoms with Crippen LogP contribution in [0.25, 0.3) is 10.9 Å². The second kappa shape index (κ2) is 3.83. The summed E-state index contributed by atoms with van der Waals surface area (Å²) < 4.78 is 2.04. The average molecular weight is 236 g/mol. The molecule has 0 radical (unpaired) electrons. The Bertz CT molecular complexity index is 560. The van der Waals surface area contributed by atoms with E-state index in [1.54, 1.807) is 12.1 Å². The predicted molar refractivity (Wildman–Crippen MR) is 66.2 cm³/mol. The lowest BCUT2D eigenvalue weighted by Crippen LogP contribution is -2.00. The molecule has 0 amide bonds. The van der Waals surface area contributed by atoms with E-state index in [4.69, 9.17) is 0 Å². The van der Waals surface area contributed by atoms with Crippen LogP contribution in [-0.2, 0) is 0 Å². The van der Waals surface area contributed by atoms with Crippen molar-refractivity contribution in [3.8, 4) is 0 Å². The van der Waals surface area contributed by atoms with Gasteiger partial charge in [-0.3, -0.25) is 10.1 Å². The minimum absolute atomic E-state index is 0.113. The highest BCUT2D eigenvalue weighted by Gasteiger charge is 2.12. The summed E-state index contributed by atoms with van der Waals surface area (Å²) in [6.45, 7) is 4.11. The van der Waals surface area contributed by atoms with Crippen LogP contribution in [0.15, 0.2) is 29.3 Å². The number of nitro groups is 1. The Balaban J connectivity index is 2.70. The Labute approximate surface area is 98.4 Å². The molecule has 5 heteroatoms. The number of nitro benzene ring substituents is 1. The van der Waals surface area contributed by atoms with E-state index in [2.05, 4.69) is 26.5 Å². The first-order chi connectivity index (χ1) is 7.50. The first-order valence-electron chi connectivity index (χ1n) is 4.99. The summed E-state index contributed by atoms with van der Waals surface area (Å²) in [7, 11) is 0. The lowest BCUT2D eigenvalue weighted by atomic mass is 10.2. The predicted octanol–water partition coefficient (Wildman–Crippen LogP) is 3.42. The van der Waals surface area contributed by atoms with E-state index < -0.39 is 0 Å². The molecule has 1 heterocycles. The van der Waals surface area contributed by atoms with Crippen molar-refractivity contribution in [2.75, 3.05) is 0 Å². The zero-order chi connectivity index (χ0) is 11.9. The third kappa shape index (κ3) is 1.67. The van der Waals surface area contributed by atoms with Gasteiger partial charge in [-0.25, -0.2) is 0 Å². The van der Waals surface area contributed by atoms with Gasteiger partial charge in [0.05, 0.1) is 9.95 Å². The molecule has 4 nitrogen and oxygen atoms in total. The van der Waals surface area contributed by atoms with Gasteiger partial charge in [0, 0.05) is 29.1 Å². The van der Waals surface area contributed by atoms with E-state index in [0.29, 0.717) is 0 Å². The van der Waals surface area contributed by atoms with Gasteiger partial charge < -0.3 is 4.57 Å². The second-order valence-electron chi connectivity index (χ2n) is 3.97. The van der Waals surface area contributed by atoms with Crippen LogP contribution < -0.4 is 0 Å². The highest BCUT2D eigenvalue weighted by atomic mass is 32.1. The van der Waals surface area contributed by atoms with Crippen LogP contribution in [0, 0.1) is 10.1 Å². The number of nitrogens with zero attached hydrogens (tertiary/aromatic N) is 2. The number of non-ortho nitro benzene ring substituents is 1. The van der Waals surface area contributed by atoms with Crippen LogP contribution in [0.5, 0.6) is 0 Å². The third-order valence-electron chi connectivity index (χ3n) is 2.53. The maximum Gasteiger partial charge on any atom is 0.270 e. The van der Waals surface area contributed by atoms with Gasteiger partial charge in [0.25, 0.3) is 5.69 Å². The fourth-order valence-electron chi connectivity index (χ4n) is 1.87. The number of thiol groups is 1. The summed E-state index contributed by atoms with van der Waals surface area (Å²) in [4.78, 5) is 10.3. The number of aromatic nitrogens is 1. The highest BCUT2D eigenvalue weighted by Crippen LogP contribution is 2.28. The summed E-state index contributed by atoms with van der Waals surface area (Å²) in [6.07, 6.45) is 0. The zero-order valence-electron chi connectivity index (χ0n) is 9.04. The molecule has 0 unspecified atom stereocenters. The molecule has 0 aliphatic rings. The molecule has 16 heavy (non-hydrogen) atoms. The molecule has 0 atom stereocenters. The Morgan fingerprint density at radius 3 is 2.62 bits per heavy atom. The zero-order valence-corrected chi connectivity index (χ0v) is 9.94. The van der Waals surface area contributed by atoms with Crippen molar-refractivity contribution in [2.45, 2.75) is 24.9 Å². The molecule has 1 aromatic heterocycles. The molecule has 0 bridgehead atoms. The summed E-state index contributed by atoms with van der Waals surface area (Å²) in [6, 6.07) is 7.01. The molecule has 0 saturated heterocycles. The van der Waals surface area contributed by atoms with Gasteiger partial charge in [-0.05, 0) is 26.0 Å². The first kappa shape index (κ1) is 11.0. The number of benzene rings is 1. The normalized spacial score (nSPS) is 11.2. The Morgan fingerprint density at radius 2 is 2.06 bits per heavy atom. The van der Waals surface area contributed by atoms with Crippen LogP contribution in [-0.4, -0.2) is 9.49 Å². The SMILES string of the molecule is CC(C)n1c(S)cc2cc([N+](=O)[O-])ccc21. The monoisotopic (exact) mass is 236 g/mol. The smallest absolute Gasteiger partial charge is 0.270 e. The molecule has 0 aliphatic carbocycles. The Kier molecular flexibility index (Phi) is 2.63. The number of fused-ring (bicyclic) bond motifs is 1. The molecular weight excluding hydrogens is 224 g/mol. The van der Waals surface area contributed by atoms with E-state index >= 15 is 0 Å². The van der Waals surface area contributed by atoms with Gasteiger partial charge in [0.15, 0.2) is 0 Å². The Hall–Kier alpha value is -1.49. The fourth-order valence-corrected chi connectivity index (χ4v) is 2.34. The van der Waals surface area contributed by atoms with Crippen molar-refractivity contribution >= 4 is 29.2 Å². The van der Waals surface area contributed by atoms with Crippen LogP contribution in [0.3, 0.4) is 0 Å². The van der Waals surface area contributed by atoms with Crippen molar-refractivity contribution in [3.05, 3.63) is 34.4 Å². The van der Waals surface area contributed by atoms with Crippen LogP contribution in [0.4, 0.5) is 5.69 Å². The molecule has 0 spiro atoms. The molecule has 2 rings (SSSR count). The molecule has 0 saturated carbocycles. The van der Waals surface area contributed by atoms with E-state index in [1.165, 1.54) is 6.07 Å². The van der Waals surface area contributed by atoms with Gasteiger partial charge in [0.1, 0.15) is 0 Å². The molecule has 0 fully saturated rings. The van der Waals surface area contributed by atoms with E-state index in [-0.39, 0.29) is 16.7 Å². The maximum absolute atomic E-state index is 10.6. The van der Waals surface area contributed by atoms with Crippen LogP contribution in [0.2, 0.25) is 0 Å². The molecule has 2 aromatic rings. The lowest BCUT2D eigenvalue weighted by molar-refractivity contribution is -0.384. The molecule has 0 N–H and O–H groups in total. The van der Waals surface area contributed by atoms with Gasteiger partial charge in [-0.1, -0.05) is 0 Å². The Morgan fingerprint density at radius 1 is 1.38 bits per heavy atom. The largest absolute Gasteiger partial charge is 0.333 e. The van der Waals surface area contributed by atoms with Crippen molar-refractivity contribution in [1.82, 2.24) is 4.57 Å². The molecule has 1 aromatic carbocycles. The maximum atomic E-state index is 10.6. The van der Waals surface area contributed by atoms with Gasteiger partial charge in [-0.15, -0.1) is 12.6 Å². The number of hydrogen-bond donors (Lipinski definition) is 1. The summed E-state index contributed by atoms with van der Waals surface area (Å²) in [5, 5.41) is 12.3. The second-order valence-corrected chi connectivity index (χ2v) is 4.42. The van der Waals surface area contributed by atoms with Crippen LogP contribution in [0.1, 0.15) is 19.9 Å². The summed E-state index contributed by atoms with van der Waals surface area (Å²) >= 11 is 4.37. The molecule has 0 aliphatic heterocycles. The quantitative estimate of drug-likeness (QED) is 0.493. The standard InChI is InChI=1S/C11H12N2O2S/c1-7(2)12-10-4-3-9(13(14)15)5-8(10)6-11(12)16/h3-7,16H,1-2H3. The van der Waals surface area contributed by atoms with Gasteiger partial charge in [0.2, 0.25) is 0 Å². The molecular formula is C11H12N2O2S. The number of hydrogen-bond acceptors (Lipinski definition) is 3. The number of rotatable bonds is 2. The van der Waals surface area contributed by atoms with Crippen molar-refractivity contribution < 1.29 is 4.92 Å². The lowest BCUT2D eigenvalue weighted by Gasteiger charge is -2.11. The van der Waals surface area contributed by atoms with Gasteiger partial charge in [-0.2, -0.15) is 0 Å². The molecule has 84 valence electrons. The minimum Gasteiger partial charge on any atom is -0.333 e. The van der Waals surface area contributed by atoms with E-state index in [9.17, 15) is 10.1 Å². The van der Waals surface area contributed by atoms with Crippen LogP contribution >= 0.6 is 12.6 Å². The minimum atomic E-state index is -0.385. The topological polar surface area (TPSA) is 48.1 Å². The summed E-state index contributed by atoms with van der Waals surface area (Å²) in [5.74, 6) is 0. The highest BCUT2D eigenvalue weighted by molar-refractivity contribution is 7.80. The van der Waals surface area contributed by atoms with Gasteiger partial charge >= 0.3 is 0 Å². The fraction of sp³-hybridized carbons (Fsp3) is 0.273. The van der Waals surface area contributed by atoms with E-state index in [0.717, 1.165) is 15.9 Å².